The first kappa shape index (κ1) is 19.9. The smallest absolute Gasteiger partial charge is 0.238 e. The molecule has 3 N–H and O–H groups in total. The number of carbonyl (C=O) groups is 1. The molecule has 30 heavy (non-hydrogen) atoms. The van der Waals surface area contributed by atoms with Gasteiger partial charge >= 0.3 is 0 Å². The van der Waals surface area contributed by atoms with E-state index in [0.717, 1.165) is 42.8 Å². The fourth-order valence-corrected chi connectivity index (χ4v) is 3.68. The molecule has 4 rings (SSSR count). The third-order valence-corrected chi connectivity index (χ3v) is 5.21. The third kappa shape index (κ3) is 4.96. The first-order chi connectivity index (χ1) is 14.6. The summed E-state index contributed by atoms with van der Waals surface area (Å²) in [6.45, 7) is 1.94. The van der Waals surface area contributed by atoms with Gasteiger partial charge in [-0.15, -0.1) is 0 Å². The van der Waals surface area contributed by atoms with Crippen molar-refractivity contribution in [1.29, 1.82) is 0 Å². The van der Waals surface area contributed by atoms with Crippen molar-refractivity contribution in [2.45, 2.75) is 18.8 Å². The fraction of sp³-hybridized carbons (Fsp3) is 0.273. The Kier molecular flexibility index (Phi) is 5.94. The molecule has 1 atom stereocenters. The highest BCUT2D eigenvalue weighted by molar-refractivity contribution is 5.92. The highest BCUT2D eigenvalue weighted by Gasteiger charge is 2.23. The van der Waals surface area contributed by atoms with Gasteiger partial charge < -0.3 is 11.1 Å². The van der Waals surface area contributed by atoms with E-state index in [-0.39, 0.29) is 23.6 Å². The highest BCUT2D eigenvalue weighted by atomic mass is 19.1. The molecule has 0 spiro atoms. The number of carbonyl (C=O) groups excluding carboxylic acids is 1. The van der Waals surface area contributed by atoms with Gasteiger partial charge in [0, 0.05) is 53.6 Å². The summed E-state index contributed by atoms with van der Waals surface area (Å²) < 4.78 is 13.0. The zero-order valence-electron chi connectivity index (χ0n) is 16.5. The summed E-state index contributed by atoms with van der Waals surface area (Å²) in [6.07, 6.45) is 7.23. The summed E-state index contributed by atoms with van der Waals surface area (Å²) in [6, 6.07) is 9.82. The zero-order valence-corrected chi connectivity index (χ0v) is 16.5. The topological polar surface area (TPSA) is 97.0 Å². The number of nitrogens with zero attached hydrogens (tertiary/aromatic N) is 4. The van der Waals surface area contributed by atoms with Crippen molar-refractivity contribution in [3.05, 3.63) is 66.5 Å². The number of halogens is 1. The molecule has 1 amide bonds. The minimum absolute atomic E-state index is 0.103. The summed E-state index contributed by atoms with van der Waals surface area (Å²) in [5.74, 6) is 0.0893. The van der Waals surface area contributed by atoms with Crippen molar-refractivity contribution in [2.24, 2.45) is 0 Å². The van der Waals surface area contributed by atoms with E-state index in [9.17, 15) is 9.18 Å². The van der Waals surface area contributed by atoms with Crippen molar-refractivity contribution >= 4 is 17.5 Å². The number of amides is 1. The van der Waals surface area contributed by atoms with Gasteiger partial charge in [0.25, 0.3) is 0 Å². The molecule has 8 heteroatoms. The van der Waals surface area contributed by atoms with Gasteiger partial charge in [-0.05, 0) is 49.7 Å². The van der Waals surface area contributed by atoms with Crippen LogP contribution in [0.5, 0.6) is 0 Å². The van der Waals surface area contributed by atoms with E-state index in [1.807, 2.05) is 18.3 Å². The van der Waals surface area contributed by atoms with Crippen molar-refractivity contribution in [1.82, 2.24) is 19.9 Å². The molecule has 1 aliphatic heterocycles. The third-order valence-electron chi connectivity index (χ3n) is 5.21. The first-order valence-corrected chi connectivity index (χ1v) is 9.88. The van der Waals surface area contributed by atoms with Crippen molar-refractivity contribution in [2.75, 3.05) is 30.7 Å². The van der Waals surface area contributed by atoms with E-state index in [4.69, 9.17) is 5.73 Å². The highest BCUT2D eigenvalue weighted by Crippen LogP contribution is 2.27. The molecule has 1 saturated heterocycles. The number of piperidine rings is 1. The molecule has 0 aliphatic carbocycles. The van der Waals surface area contributed by atoms with Crippen LogP contribution in [0.25, 0.3) is 11.1 Å². The Bertz CT molecular complexity index is 992. The number of nitrogens with two attached hydrogens (primary N) is 1. The first-order valence-electron chi connectivity index (χ1n) is 9.88. The molecule has 1 fully saturated rings. The molecule has 0 bridgehead atoms. The fourth-order valence-electron chi connectivity index (χ4n) is 3.68. The number of hydrogen-bond donors (Lipinski definition) is 2. The van der Waals surface area contributed by atoms with E-state index >= 15 is 0 Å². The molecule has 1 aromatic carbocycles. The summed E-state index contributed by atoms with van der Waals surface area (Å²) >= 11 is 0. The molecular weight excluding hydrogens is 383 g/mol. The van der Waals surface area contributed by atoms with Crippen LogP contribution in [0.3, 0.4) is 0 Å². The number of benzene rings is 1. The minimum Gasteiger partial charge on any atom is -0.368 e. The maximum absolute atomic E-state index is 13.0. The van der Waals surface area contributed by atoms with Crippen LogP contribution in [-0.2, 0) is 4.79 Å². The van der Waals surface area contributed by atoms with Crippen molar-refractivity contribution in [3.63, 3.8) is 0 Å². The number of hydrogen-bond acceptors (Lipinski definition) is 6. The Hall–Kier alpha value is -3.39. The van der Waals surface area contributed by atoms with Gasteiger partial charge in [0.2, 0.25) is 11.9 Å². The number of nitrogen functional groups attached to an aromatic ring is 1. The quantitative estimate of drug-likeness (QED) is 0.676. The van der Waals surface area contributed by atoms with Gasteiger partial charge in [-0.1, -0.05) is 6.07 Å². The number of anilines is 2. The second-order valence-corrected chi connectivity index (χ2v) is 7.43. The molecule has 0 saturated carbocycles. The molecule has 1 aliphatic rings. The predicted molar refractivity (Wildman–Crippen MR) is 113 cm³/mol. The lowest BCUT2D eigenvalue weighted by atomic mass is 9.94. The molecule has 154 valence electrons. The molecule has 0 radical (unpaired) electrons. The SMILES string of the molecule is Nc1ncc(-c2ccc(C3CCCN(CC(=O)Nc4ccc(F)cc4)C3)nc2)cn1. The van der Waals surface area contributed by atoms with E-state index in [1.54, 1.807) is 24.5 Å². The number of nitrogens with one attached hydrogen (secondary N) is 1. The average molecular weight is 406 g/mol. The molecule has 1 unspecified atom stereocenters. The molecule has 3 aromatic rings. The van der Waals surface area contributed by atoms with Crippen LogP contribution in [0.15, 0.2) is 55.0 Å². The van der Waals surface area contributed by atoms with Gasteiger partial charge in [0.05, 0.1) is 6.54 Å². The predicted octanol–water partition coefficient (Wildman–Crippen LogP) is 3.08. The maximum atomic E-state index is 13.0. The van der Waals surface area contributed by atoms with Gasteiger partial charge in [-0.25, -0.2) is 14.4 Å². The number of rotatable bonds is 5. The normalized spacial score (nSPS) is 16.9. The van der Waals surface area contributed by atoms with Gasteiger partial charge in [-0.2, -0.15) is 0 Å². The van der Waals surface area contributed by atoms with Crippen LogP contribution in [0, 0.1) is 5.82 Å². The van der Waals surface area contributed by atoms with Crippen molar-refractivity contribution < 1.29 is 9.18 Å². The van der Waals surface area contributed by atoms with E-state index in [1.165, 1.54) is 12.1 Å². The lowest BCUT2D eigenvalue weighted by Crippen LogP contribution is -2.40. The second kappa shape index (κ2) is 8.96. The Balaban J connectivity index is 1.35. The standard InChI is InChI=1S/C22H23FN6O/c23-18-4-6-19(7-5-18)28-21(30)14-29-9-1-2-16(13-29)20-8-3-15(10-25-20)17-11-26-22(24)27-12-17/h3-8,10-12,16H,1-2,9,13-14H2,(H,28,30)(H2,24,26,27). The zero-order chi connectivity index (χ0) is 20.9. The Morgan fingerprint density at radius 3 is 2.50 bits per heavy atom. The Labute approximate surface area is 174 Å². The van der Waals surface area contributed by atoms with Crippen molar-refractivity contribution in [3.8, 4) is 11.1 Å². The van der Waals surface area contributed by atoms with E-state index in [0.29, 0.717) is 12.2 Å². The van der Waals surface area contributed by atoms with Crippen LogP contribution >= 0.6 is 0 Å². The van der Waals surface area contributed by atoms with Crippen LogP contribution in [0.2, 0.25) is 0 Å². The largest absolute Gasteiger partial charge is 0.368 e. The van der Waals surface area contributed by atoms with Gasteiger partial charge in [0.1, 0.15) is 5.82 Å². The number of aromatic nitrogens is 3. The minimum atomic E-state index is -0.325. The van der Waals surface area contributed by atoms with Crippen LogP contribution in [0.1, 0.15) is 24.5 Å². The van der Waals surface area contributed by atoms with Crippen LogP contribution < -0.4 is 11.1 Å². The van der Waals surface area contributed by atoms with Crippen LogP contribution in [0.4, 0.5) is 16.0 Å². The van der Waals surface area contributed by atoms with E-state index in [2.05, 4.69) is 25.2 Å². The van der Waals surface area contributed by atoms with E-state index < -0.39 is 0 Å². The Morgan fingerprint density at radius 1 is 1.07 bits per heavy atom. The monoisotopic (exact) mass is 406 g/mol. The molecular formula is C22H23FN6O. The van der Waals surface area contributed by atoms with Gasteiger partial charge in [0.15, 0.2) is 0 Å². The summed E-state index contributed by atoms with van der Waals surface area (Å²) in [5, 5.41) is 2.82. The summed E-state index contributed by atoms with van der Waals surface area (Å²) in [7, 11) is 0. The average Bonchev–Trinajstić information content (AvgIpc) is 2.76. The molecule has 3 heterocycles. The van der Waals surface area contributed by atoms with Gasteiger partial charge in [-0.3, -0.25) is 14.7 Å². The number of likely N-dealkylation sites (tertiary alicyclic amines) is 1. The molecule has 2 aromatic heterocycles. The number of pyridine rings is 1. The maximum Gasteiger partial charge on any atom is 0.238 e. The summed E-state index contributed by atoms with van der Waals surface area (Å²) in [4.78, 5) is 27.2. The molecule has 7 nitrogen and oxygen atoms in total. The second-order valence-electron chi connectivity index (χ2n) is 7.43. The summed E-state index contributed by atoms with van der Waals surface area (Å²) in [5.41, 5.74) is 8.95. The lowest BCUT2D eigenvalue weighted by molar-refractivity contribution is -0.117. The Morgan fingerprint density at radius 2 is 1.80 bits per heavy atom. The van der Waals surface area contributed by atoms with Crippen LogP contribution in [-0.4, -0.2) is 45.4 Å². The lowest BCUT2D eigenvalue weighted by Gasteiger charge is -2.32.